The monoisotopic (exact) mass is 389 g/mol. The highest BCUT2D eigenvalue weighted by Gasteiger charge is 2.13. The minimum atomic E-state index is -0.421. The van der Waals surface area contributed by atoms with Gasteiger partial charge in [0, 0.05) is 24.1 Å². The molecule has 29 heavy (non-hydrogen) atoms. The fourth-order valence-corrected chi connectivity index (χ4v) is 3.02. The zero-order valence-corrected chi connectivity index (χ0v) is 16.7. The summed E-state index contributed by atoms with van der Waals surface area (Å²) in [6.07, 6.45) is 3.28. The van der Waals surface area contributed by atoms with E-state index in [0.29, 0.717) is 16.8 Å². The minimum absolute atomic E-state index is 0.273. The van der Waals surface area contributed by atoms with Crippen molar-refractivity contribution < 1.29 is 14.3 Å². The van der Waals surface area contributed by atoms with Crippen molar-refractivity contribution in [3.63, 3.8) is 0 Å². The van der Waals surface area contributed by atoms with Crippen LogP contribution in [0.15, 0.2) is 67.0 Å². The van der Waals surface area contributed by atoms with Crippen molar-refractivity contribution in [2.75, 3.05) is 23.9 Å². The number of nitrogens with one attached hydrogen (secondary N) is 1. The molecule has 0 spiro atoms. The average molecular weight is 389 g/mol. The molecule has 0 radical (unpaired) electrons. The lowest BCUT2D eigenvalue weighted by Crippen LogP contribution is -2.18. The largest absolute Gasteiger partial charge is 0.465 e. The number of esters is 1. The standard InChI is InChI=1S/C23H23N3O3/c1-4-26(20-7-5-6-16(2)12-20)21-13-18(14-24-15-21)22(27)25-19-10-8-17(9-11-19)23(28)29-3/h5-15H,4H2,1-3H3,(H,25,27). The van der Waals surface area contributed by atoms with Gasteiger partial charge in [-0.05, 0) is 61.9 Å². The van der Waals surface area contributed by atoms with Crippen LogP contribution in [-0.4, -0.2) is 30.5 Å². The van der Waals surface area contributed by atoms with Gasteiger partial charge in [0.2, 0.25) is 0 Å². The number of ether oxygens (including phenoxy) is 1. The third-order valence-electron chi connectivity index (χ3n) is 4.49. The smallest absolute Gasteiger partial charge is 0.337 e. The maximum absolute atomic E-state index is 12.7. The molecule has 3 aromatic rings. The van der Waals surface area contributed by atoms with E-state index in [-0.39, 0.29) is 5.91 Å². The molecule has 0 aliphatic heterocycles. The van der Waals surface area contributed by atoms with Gasteiger partial charge in [-0.3, -0.25) is 9.78 Å². The van der Waals surface area contributed by atoms with Gasteiger partial charge in [-0.25, -0.2) is 4.79 Å². The van der Waals surface area contributed by atoms with E-state index in [2.05, 4.69) is 32.9 Å². The highest BCUT2D eigenvalue weighted by molar-refractivity contribution is 6.04. The van der Waals surface area contributed by atoms with Crippen molar-refractivity contribution in [3.8, 4) is 0 Å². The van der Waals surface area contributed by atoms with Crippen molar-refractivity contribution in [1.82, 2.24) is 4.98 Å². The molecule has 0 bridgehead atoms. The Balaban J connectivity index is 1.79. The number of anilines is 3. The van der Waals surface area contributed by atoms with E-state index in [9.17, 15) is 9.59 Å². The summed E-state index contributed by atoms with van der Waals surface area (Å²) in [7, 11) is 1.33. The van der Waals surface area contributed by atoms with Crippen LogP contribution < -0.4 is 10.2 Å². The van der Waals surface area contributed by atoms with Gasteiger partial charge in [-0.1, -0.05) is 12.1 Å². The first-order chi connectivity index (χ1) is 14.0. The van der Waals surface area contributed by atoms with Crippen LogP contribution in [0.5, 0.6) is 0 Å². The van der Waals surface area contributed by atoms with Crippen molar-refractivity contribution in [2.45, 2.75) is 13.8 Å². The van der Waals surface area contributed by atoms with Gasteiger partial charge in [-0.2, -0.15) is 0 Å². The van der Waals surface area contributed by atoms with E-state index >= 15 is 0 Å². The molecule has 0 aliphatic carbocycles. The van der Waals surface area contributed by atoms with Gasteiger partial charge >= 0.3 is 5.97 Å². The van der Waals surface area contributed by atoms with E-state index in [4.69, 9.17) is 0 Å². The van der Waals surface area contributed by atoms with Crippen LogP contribution in [0.2, 0.25) is 0 Å². The molecule has 0 aliphatic rings. The number of benzene rings is 2. The molecule has 0 saturated heterocycles. The number of hydrogen-bond donors (Lipinski definition) is 1. The number of methoxy groups -OCH3 is 1. The Kier molecular flexibility index (Phi) is 6.24. The second kappa shape index (κ2) is 9.01. The highest BCUT2D eigenvalue weighted by atomic mass is 16.5. The van der Waals surface area contributed by atoms with Gasteiger partial charge in [0.05, 0.1) is 30.1 Å². The number of carbonyl (C=O) groups is 2. The Morgan fingerprint density at radius 3 is 2.41 bits per heavy atom. The third kappa shape index (κ3) is 4.79. The lowest BCUT2D eigenvalue weighted by molar-refractivity contribution is 0.0600. The van der Waals surface area contributed by atoms with E-state index in [0.717, 1.165) is 17.9 Å². The van der Waals surface area contributed by atoms with Gasteiger partial charge in [0.25, 0.3) is 5.91 Å². The Labute approximate surface area is 170 Å². The molecule has 0 fully saturated rings. The molecule has 2 aromatic carbocycles. The minimum Gasteiger partial charge on any atom is -0.465 e. The van der Waals surface area contributed by atoms with E-state index in [1.165, 1.54) is 18.9 Å². The SMILES string of the molecule is CCN(c1cccc(C)c1)c1cncc(C(=O)Nc2ccc(C(=O)OC)cc2)c1. The topological polar surface area (TPSA) is 71.5 Å². The molecule has 1 amide bonds. The summed E-state index contributed by atoms with van der Waals surface area (Å²) in [6.45, 7) is 4.84. The first kappa shape index (κ1) is 20.1. The predicted octanol–water partition coefficient (Wildman–Crippen LogP) is 4.59. The Hall–Kier alpha value is -3.67. The highest BCUT2D eigenvalue weighted by Crippen LogP contribution is 2.26. The number of amides is 1. The van der Waals surface area contributed by atoms with Crippen molar-refractivity contribution >= 4 is 28.9 Å². The van der Waals surface area contributed by atoms with Crippen molar-refractivity contribution in [2.24, 2.45) is 0 Å². The average Bonchev–Trinajstić information content (AvgIpc) is 2.74. The maximum Gasteiger partial charge on any atom is 0.337 e. The van der Waals surface area contributed by atoms with Gasteiger partial charge in [0.1, 0.15) is 0 Å². The summed E-state index contributed by atoms with van der Waals surface area (Å²) in [5, 5.41) is 2.83. The quantitative estimate of drug-likeness (QED) is 0.625. The molecule has 1 heterocycles. The zero-order chi connectivity index (χ0) is 20.8. The Bertz CT molecular complexity index is 1020. The molecule has 6 heteroatoms. The molecule has 1 aromatic heterocycles. The van der Waals surface area contributed by atoms with Gasteiger partial charge in [0.15, 0.2) is 0 Å². The predicted molar refractivity (Wildman–Crippen MR) is 114 cm³/mol. The summed E-state index contributed by atoms with van der Waals surface area (Å²) in [6, 6.07) is 16.5. The molecule has 0 saturated carbocycles. The van der Waals surface area contributed by atoms with Crippen LogP contribution in [0.4, 0.5) is 17.1 Å². The number of carbonyl (C=O) groups excluding carboxylic acids is 2. The first-order valence-electron chi connectivity index (χ1n) is 9.31. The van der Waals surface area contributed by atoms with E-state index in [1.807, 2.05) is 31.2 Å². The number of rotatable bonds is 6. The molecule has 1 N–H and O–H groups in total. The molecule has 3 rings (SSSR count). The van der Waals surface area contributed by atoms with E-state index in [1.54, 1.807) is 30.5 Å². The number of hydrogen-bond acceptors (Lipinski definition) is 5. The molecule has 6 nitrogen and oxygen atoms in total. The first-order valence-corrected chi connectivity index (χ1v) is 9.31. The fourth-order valence-electron chi connectivity index (χ4n) is 3.02. The number of aryl methyl sites for hydroxylation is 1. The summed E-state index contributed by atoms with van der Waals surface area (Å²) in [5.74, 6) is -0.693. The molecular weight excluding hydrogens is 366 g/mol. The molecule has 0 unspecified atom stereocenters. The molecule has 148 valence electrons. The van der Waals surface area contributed by atoms with Gasteiger partial charge in [-0.15, -0.1) is 0 Å². The molecule has 0 atom stereocenters. The Morgan fingerprint density at radius 2 is 1.76 bits per heavy atom. The number of nitrogens with zero attached hydrogens (tertiary/aromatic N) is 2. The number of pyridine rings is 1. The van der Waals surface area contributed by atoms with Crippen LogP contribution in [0.25, 0.3) is 0 Å². The van der Waals surface area contributed by atoms with Crippen molar-refractivity contribution in [1.29, 1.82) is 0 Å². The Morgan fingerprint density at radius 1 is 1.00 bits per heavy atom. The second-order valence-electron chi connectivity index (χ2n) is 6.54. The summed E-state index contributed by atoms with van der Waals surface area (Å²) in [4.78, 5) is 30.5. The lowest BCUT2D eigenvalue weighted by Gasteiger charge is -2.23. The van der Waals surface area contributed by atoms with Crippen LogP contribution in [0.3, 0.4) is 0 Å². The third-order valence-corrected chi connectivity index (χ3v) is 4.49. The van der Waals surface area contributed by atoms with Crippen molar-refractivity contribution in [3.05, 3.63) is 83.7 Å². The van der Waals surface area contributed by atoms with Crippen LogP contribution >= 0.6 is 0 Å². The van der Waals surface area contributed by atoms with E-state index < -0.39 is 5.97 Å². The molecular formula is C23H23N3O3. The normalized spacial score (nSPS) is 10.3. The maximum atomic E-state index is 12.7. The zero-order valence-electron chi connectivity index (χ0n) is 16.7. The lowest BCUT2D eigenvalue weighted by atomic mass is 10.1. The van der Waals surface area contributed by atoms with Gasteiger partial charge < -0.3 is 15.0 Å². The fraction of sp³-hybridized carbons (Fsp3) is 0.174. The second-order valence-corrected chi connectivity index (χ2v) is 6.54. The summed E-state index contributed by atoms with van der Waals surface area (Å²) >= 11 is 0. The summed E-state index contributed by atoms with van der Waals surface area (Å²) < 4.78 is 4.68. The van der Waals surface area contributed by atoms with Crippen LogP contribution in [-0.2, 0) is 4.74 Å². The number of aromatic nitrogens is 1. The van der Waals surface area contributed by atoms with Crippen LogP contribution in [0, 0.1) is 6.92 Å². The van der Waals surface area contributed by atoms with Crippen LogP contribution in [0.1, 0.15) is 33.2 Å². The summed E-state index contributed by atoms with van der Waals surface area (Å²) in [5.41, 5.74) is 4.51.